The molecule has 1 aliphatic carbocycles. The van der Waals surface area contributed by atoms with E-state index in [9.17, 15) is 9.59 Å². The van der Waals surface area contributed by atoms with Gasteiger partial charge in [0.05, 0.1) is 17.1 Å². The molecule has 7 heteroatoms. The molecule has 1 amide bonds. The SMILES string of the molecule is Cc1cc(C)c(CNC(=O)c2cc(C3CCCCC3)nc3c2cnn3C(C)C)c(=O)[nH]1. The number of nitrogens with zero attached hydrogens (tertiary/aromatic N) is 3. The first-order valence-corrected chi connectivity index (χ1v) is 11.2. The van der Waals surface area contributed by atoms with Crippen molar-refractivity contribution < 1.29 is 4.79 Å². The zero-order chi connectivity index (χ0) is 22.1. The van der Waals surface area contributed by atoms with Gasteiger partial charge in [0.1, 0.15) is 0 Å². The van der Waals surface area contributed by atoms with Gasteiger partial charge in [-0.3, -0.25) is 9.59 Å². The number of hydrogen-bond donors (Lipinski definition) is 2. The Hall–Kier alpha value is -2.96. The maximum atomic E-state index is 13.2. The van der Waals surface area contributed by atoms with Crippen LogP contribution in [0.2, 0.25) is 0 Å². The molecule has 0 unspecified atom stereocenters. The van der Waals surface area contributed by atoms with Crippen molar-refractivity contribution in [1.82, 2.24) is 25.1 Å². The second-order valence-corrected chi connectivity index (χ2v) is 8.98. The number of amides is 1. The predicted octanol–water partition coefficient (Wildman–Crippen LogP) is 4.30. The number of nitrogens with one attached hydrogen (secondary N) is 2. The van der Waals surface area contributed by atoms with Gasteiger partial charge < -0.3 is 10.3 Å². The van der Waals surface area contributed by atoms with Crippen molar-refractivity contribution in [2.45, 2.75) is 78.3 Å². The Labute approximate surface area is 182 Å². The molecule has 7 nitrogen and oxygen atoms in total. The number of H-pyrrole nitrogens is 1. The molecule has 4 rings (SSSR count). The van der Waals surface area contributed by atoms with Crippen LogP contribution in [0.1, 0.15) is 90.8 Å². The van der Waals surface area contributed by atoms with E-state index in [1.165, 1.54) is 19.3 Å². The summed E-state index contributed by atoms with van der Waals surface area (Å²) in [6.07, 6.45) is 7.60. The number of aryl methyl sites for hydroxylation is 2. The Morgan fingerprint density at radius 3 is 2.65 bits per heavy atom. The summed E-state index contributed by atoms with van der Waals surface area (Å²) in [6.45, 7) is 8.05. The van der Waals surface area contributed by atoms with Gasteiger partial charge >= 0.3 is 0 Å². The van der Waals surface area contributed by atoms with Gasteiger partial charge in [-0.2, -0.15) is 5.10 Å². The van der Waals surface area contributed by atoms with E-state index >= 15 is 0 Å². The number of aromatic nitrogens is 4. The summed E-state index contributed by atoms with van der Waals surface area (Å²) in [5, 5.41) is 8.20. The molecule has 0 atom stereocenters. The highest BCUT2D eigenvalue weighted by molar-refractivity contribution is 6.05. The quantitative estimate of drug-likeness (QED) is 0.642. The molecule has 1 fully saturated rings. The van der Waals surface area contributed by atoms with E-state index in [-0.39, 0.29) is 24.1 Å². The molecule has 0 saturated heterocycles. The second-order valence-electron chi connectivity index (χ2n) is 8.98. The number of carbonyl (C=O) groups excluding carboxylic acids is 1. The van der Waals surface area contributed by atoms with Crippen molar-refractivity contribution in [1.29, 1.82) is 0 Å². The van der Waals surface area contributed by atoms with Gasteiger partial charge in [-0.25, -0.2) is 9.67 Å². The first-order chi connectivity index (χ1) is 14.8. The molecule has 31 heavy (non-hydrogen) atoms. The van der Waals surface area contributed by atoms with Gasteiger partial charge in [-0.1, -0.05) is 19.3 Å². The van der Waals surface area contributed by atoms with Crippen LogP contribution >= 0.6 is 0 Å². The minimum atomic E-state index is -0.202. The minimum Gasteiger partial charge on any atom is -0.348 e. The normalized spacial score (nSPS) is 15.0. The first kappa shape index (κ1) is 21.3. The topological polar surface area (TPSA) is 92.7 Å². The molecule has 1 saturated carbocycles. The van der Waals surface area contributed by atoms with E-state index in [1.54, 1.807) is 6.20 Å². The highest BCUT2D eigenvalue weighted by Gasteiger charge is 2.23. The van der Waals surface area contributed by atoms with Crippen LogP contribution in [-0.2, 0) is 6.54 Å². The van der Waals surface area contributed by atoms with E-state index in [0.717, 1.165) is 40.8 Å². The van der Waals surface area contributed by atoms with Gasteiger partial charge in [0.25, 0.3) is 11.5 Å². The zero-order valence-electron chi connectivity index (χ0n) is 18.8. The summed E-state index contributed by atoms with van der Waals surface area (Å²) in [5.41, 5.74) is 4.42. The molecule has 3 aromatic heterocycles. The number of carbonyl (C=O) groups is 1. The van der Waals surface area contributed by atoms with Crippen LogP contribution in [0.15, 0.2) is 23.1 Å². The van der Waals surface area contributed by atoms with E-state index in [0.29, 0.717) is 17.0 Å². The number of fused-ring (bicyclic) bond motifs is 1. The third-order valence-corrected chi connectivity index (χ3v) is 6.26. The summed E-state index contributed by atoms with van der Waals surface area (Å²) >= 11 is 0. The van der Waals surface area contributed by atoms with E-state index in [4.69, 9.17) is 4.98 Å². The van der Waals surface area contributed by atoms with Crippen LogP contribution in [-0.4, -0.2) is 25.7 Å². The van der Waals surface area contributed by atoms with Crippen molar-refractivity contribution in [2.75, 3.05) is 0 Å². The van der Waals surface area contributed by atoms with Crippen molar-refractivity contribution >= 4 is 16.9 Å². The zero-order valence-corrected chi connectivity index (χ0v) is 18.8. The lowest BCUT2D eigenvalue weighted by molar-refractivity contribution is 0.0952. The van der Waals surface area contributed by atoms with Gasteiger partial charge in [0.2, 0.25) is 0 Å². The molecule has 3 aromatic rings. The summed E-state index contributed by atoms with van der Waals surface area (Å²) in [6, 6.07) is 4.00. The van der Waals surface area contributed by atoms with Gasteiger partial charge in [0, 0.05) is 35.5 Å². The highest BCUT2D eigenvalue weighted by Crippen LogP contribution is 2.34. The summed E-state index contributed by atoms with van der Waals surface area (Å²) in [4.78, 5) is 33.3. The Morgan fingerprint density at radius 2 is 1.97 bits per heavy atom. The molecule has 2 N–H and O–H groups in total. The Balaban J connectivity index is 1.70. The number of hydrogen-bond acceptors (Lipinski definition) is 4. The largest absolute Gasteiger partial charge is 0.348 e. The molecule has 0 radical (unpaired) electrons. The molecular formula is C24H31N5O2. The fourth-order valence-corrected chi connectivity index (χ4v) is 4.58. The van der Waals surface area contributed by atoms with Crippen LogP contribution in [0.3, 0.4) is 0 Å². The number of aromatic amines is 1. The second kappa shape index (κ2) is 8.65. The lowest BCUT2D eigenvalue weighted by atomic mass is 9.86. The van der Waals surface area contributed by atoms with Crippen molar-refractivity contribution in [2.24, 2.45) is 0 Å². The van der Waals surface area contributed by atoms with Crippen molar-refractivity contribution in [3.05, 3.63) is 56.8 Å². The van der Waals surface area contributed by atoms with Crippen LogP contribution in [0.4, 0.5) is 0 Å². The monoisotopic (exact) mass is 421 g/mol. The maximum absolute atomic E-state index is 13.2. The first-order valence-electron chi connectivity index (χ1n) is 11.2. The average Bonchev–Trinajstić information content (AvgIpc) is 3.17. The highest BCUT2D eigenvalue weighted by atomic mass is 16.1. The van der Waals surface area contributed by atoms with Crippen molar-refractivity contribution in [3.63, 3.8) is 0 Å². The lowest BCUT2D eigenvalue weighted by Crippen LogP contribution is -2.28. The molecule has 3 heterocycles. The molecule has 164 valence electrons. The molecule has 0 bridgehead atoms. The Kier molecular flexibility index (Phi) is 5.94. The number of rotatable bonds is 5. The van der Waals surface area contributed by atoms with Crippen LogP contribution < -0.4 is 10.9 Å². The summed E-state index contributed by atoms with van der Waals surface area (Å²) in [7, 11) is 0. The standard InChI is InChI=1S/C24H31N5O2/c1-14(2)29-22-20(13-26-29)18(11-21(28-22)17-8-6-5-7-9-17)23(30)25-12-19-15(3)10-16(4)27-24(19)31/h10-11,13-14,17H,5-9,12H2,1-4H3,(H,25,30)(H,27,31). The fourth-order valence-electron chi connectivity index (χ4n) is 4.58. The van der Waals surface area contributed by atoms with Crippen molar-refractivity contribution in [3.8, 4) is 0 Å². The van der Waals surface area contributed by atoms with Crippen LogP contribution in [0.25, 0.3) is 11.0 Å². The smallest absolute Gasteiger partial charge is 0.253 e. The summed E-state index contributed by atoms with van der Waals surface area (Å²) < 4.78 is 1.88. The lowest BCUT2D eigenvalue weighted by Gasteiger charge is -2.22. The van der Waals surface area contributed by atoms with E-state index in [1.807, 2.05) is 30.7 Å². The molecule has 0 spiro atoms. The summed E-state index contributed by atoms with van der Waals surface area (Å²) in [5.74, 6) is 0.176. The Morgan fingerprint density at radius 1 is 1.23 bits per heavy atom. The minimum absolute atomic E-state index is 0.149. The molecule has 0 aliphatic heterocycles. The number of pyridine rings is 2. The van der Waals surface area contributed by atoms with Gasteiger partial charge in [-0.15, -0.1) is 0 Å². The van der Waals surface area contributed by atoms with Crippen LogP contribution in [0, 0.1) is 13.8 Å². The molecular weight excluding hydrogens is 390 g/mol. The fraction of sp³-hybridized carbons (Fsp3) is 0.500. The van der Waals surface area contributed by atoms with Gasteiger partial charge in [-0.05, 0) is 58.2 Å². The average molecular weight is 422 g/mol. The maximum Gasteiger partial charge on any atom is 0.253 e. The third kappa shape index (κ3) is 4.27. The van der Waals surface area contributed by atoms with E-state index < -0.39 is 0 Å². The Bertz CT molecular complexity index is 1170. The third-order valence-electron chi connectivity index (χ3n) is 6.26. The predicted molar refractivity (Wildman–Crippen MR) is 121 cm³/mol. The molecule has 1 aliphatic rings. The molecule has 0 aromatic carbocycles. The van der Waals surface area contributed by atoms with E-state index in [2.05, 4.69) is 29.2 Å². The van der Waals surface area contributed by atoms with Crippen LogP contribution in [0.5, 0.6) is 0 Å². The van der Waals surface area contributed by atoms with Gasteiger partial charge in [0.15, 0.2) is 5.65 Å².